The van der Waals surface area contributed by atoms with Crippen LogP contribution in [0.2, 0.25) is 0 Å². The Morgan fingerprint density at radius 3 is 2.40 bits per heavy atom. The molecule has 1 aliphatic heterocycles. The summed E-state index contributed by atoms with van der Waals surface area (Å²) in [7, 11) is 3.19. The summed E-state index contributed by atoms with van der Waals surface area (Å²) in [4.78, 5) is 4.89. The van der Waals surface area contributed by atoms with Crippen molar-refractivity contribution in [2.75, 3.05) is 14.2 Å². The molecule has 0 bridgehead atoms. The number of nitrogens with zero attached hydrogens (tertiary/aromatic N) is 1. The van der Waals surface area contributed by atoms with E-state index in [1.165, 1.54) is 12.1 Å². The predicted octanol–water partition coefficient (Wildman–Crippen LogP) is 4.77. The molecule has 30 heavy (non-hydrogen) atoms. The maximum Gasteiger partial charge on any atom is 0.126 e. The van der Waals surface area contributed by atoms with Gasteiger partial charge in [-0.2, -0.15) is 0 Å². The number of nitrogens with one attached hydrogen (secondary N) is 1. The third kappa shape index (κ3) is 4.14. The van der Waals surface area contributed by atoms with E-state index in [1.54, 1.807) is 32.4 Å². The van der Waals surface area contributed by atoms with E-state index in [4.69, 9.17) is 14.5 Å². The summed E-state index contributed by atoms with van der Waals surface area (Å²) >= 11 is 0. The maximum absolute atomic E-state index is 13.4. The molecule has 0 aromatic heterocycles. The molecule has 2 N–H and O–H groups in total. The van der Waals surface area contributed by atoms with E-state index in [0.717, 1.165) is 28.2 Å². The average Bonchev–Trinajstić information content (AvgIpc) is 2.79. The summed E-state index contributed by atoms with van der Waals surface area (Å²) in [5, 5.41) is 14.0. The van der Waals surface area contributed by atoms with E-state index in [9.17, 15) is 9.50 Å². The number of methoxy groups -OCH3 is 2. The Morgan fingerprint density at radius 2 is 1.70 bits per heavy atom. The molecular formula is C24H23FN2O3. The molecule has 1 heterocycles. The van der Waals surface area contributed by atoms with Gasteiger partial charge < -0.3 is 14.6 Å². The number of rotatable bonds is 5. The van der Waals surface area contributed by atoms with Crippen LogP contribution in [0, 0.1) is 5.82 Å². The fourth-order valence-corrected chi connectivity index (χ4v) is 3.64. The number of hydrogen-bond acceptors (Lipinski definition) is 5. The summed E-state index contributed by atoms with van der Waals surface area (Å²) in [6.07, 6.45) is 0.192. The molecule has 0 saturated heterocycles. The zero-order valence-corrected chi connectivity index (χ0v) is 16.8. The van der Waals surface area contributed by atoms with Crippen LogP contribution in [0.1, 0.15) is 35.3 Å². The minimum atomic E-state index is -0.382. The number of phenols is 1. The molecule has 0 spiro atoms. The second kappa shape index (κ2) is 8.55. The van der Waals surface area contributed by atoms with Crippen molar-refractivity contribution in [3.8, 4) is 17.2 Å². The van der Waals surface area contributed by atoms with Gasteiger partial charge in [0.25, 0.3) is 0 Å². The Kier molecular flexibility index (Phi) is 5.68. The summed E-state index contributed by atoms with van der Waals surface area (Å²) in [5.74, 6) is 1.19. The fourth-order valence-electron chi connectivity index (χ4n) is 3.64. The smallest absolute Gasteiger partial charge is 0.126 e. The molecule has 3 aromatic rings. The highest BCUT2D eigenvalue weighted by atomic mass is 19.1. The Balaban J connectivity index is 1.75. The molecule has 3 aromatic carbocycles. The van der Waals surface area contributed by atoms with Crippen LogP contribution in [0.5, 0.6) is 17.2 Å². The number of aliphatic imine (C=N–C) groups is 1. The van der Waals surface area contributed by atoms with Crippen LogP contribution in [-0.4, -0.2) is 25.0 Å². The van der Waals surface area contributed by atoms with Crippen molar-refractivity contribution in [1.29, 1.82) is 0 Å². The molecule has 154 valence electrons. The van der Waals surface area contributed by atoms with E-state index in [2.05, 4.69) is 5.32 Å². The Morgan fingerprint density at radius 1 is 0.967 bits per heavy atom. The SMILES string of the molecule is COc1cccc(C2=N[C@@H](c3ccc(F)cc3)N[C@@H](c3ccc(OC)cc3O)C2)c1. The van der Waals surface area contributed by atoms with Crippen molar-refractivity contribution >= 4 is 5.71 Å². The third-order valence-corrected chi connectivity index (χ3v) is 5.24. The van der Waals surface area contributed by atoms with E-state index in [-0.39, 0.29) is 23.8 Å². The highest BCUT2D eigenvalue weighted by Crippen LogP contribution is 2.36. The molecule has 1 aliphatic rings. The van der Waals surface area contributed by atoms with Crippen LogP contribution in [0.15, 0.2) is 71.7 Å². The largest absolute Gasteiger partial charge is 0.507 e. The lowest BCUT2D eigenvalue weighted by atomic mass is 9.93. The molecular weight excluding hydrogens is 383 g/mol. The zero-order valence-electron chi connectivity index (χ0n) is 16.8. The second-order valence-electron chi connectivity index (χ2n) is 7.11. The highest BCUT2D eigenvalue weighted by Gasteiger charge is 2.28. The molecule has 0 aliphatic carbocycles. The van der Waals surface area contributed by atoms with Crippen molar-refractivity contribution in [3.05, 3.63) is 89.2 Å². The van der Waals surface area contributed by atoms with Gasteiger partial charge in [-0.3, -0.25) is 10.3 Å². The van der Waals surface area contributed by atoms with Gasteiger partial charge in [0.2, 0.25) is 0 Å². The van der Waals surface area contributed by atoms with E-state index >= 15 is 0 Å². The van der Waals surface area contributed by atoms with Crippen molar-refractivity contribution in [2.45, 2.75) is 18.6 Å². The quantitative estimate of drug-likeness (QED) is 0.641. The standard InChI is InChI=1S/C24H23FN2O3/c1-29-18-5-3-4-16(12-18)21-14-22(20-11-10-19(30-2)13-23(20)28)27-24(26-21)15-6-8-17(25)9-7-15/h3-13,22,24,27-28H,14H2,1-2H3/t22-,24-/m1/s1. The minimum absolute atomic E-state index is 0.150. The zero-order chi connectivity index (χ0) is 21.1. The molecule has 6 heteroatoms. The lowest BCUT2D eigenvalue weighted by molar-refractivity contribution is 0.395. The average molecular weight is 406 g/mol. The van der Waals surface area contributed by atoms with Crippen LogP contribution in [-0.2, 0) is 0 Å². The van der Waals surface area contributed by atoms with E-state index < -0.39 is 0 Å². The molecule has 0 fully saturated rings. The van der Waals surface area contributed by atoms with Gasteiger partial charge in [0.05, 0.1) is 14.2 Å². The van der Waals surface area contributed by atoms with Crippen LogP contribution in [0.25, 0.3) is 0 Å². The van der Waals surface area contributed by atoms with Gasteiger partial charge in [0.15, 0.2) is 0 Å². The van der Waals surface area contributed by atoms with Crippen LogP contribution < -0.4 is 14.8 Å². The first-order chi connectivity index (χ1) is 14.6. The monoisotopic (exact) mass is 406 g/mol. The number of benzene rings is 3. The first-order valence-corrected chi connectivity index (χ1v) is 9.67. The lowest BCUT2D eigenvalue weighted by Crippen LogP contribution is -2.33. The number of phenolic OH excluding ortho intramolecular Hbond substituents is 1. The Hall–Kier alpha value is -3.38. The van der Waals surface area contributed by atoms with E-state index in [1.807, 2.05) is 36.4 Å². The van der Waals surface area contributed by atoms with Gasteiger partial charge in [-0.05, 0) is 41.5 Å². The first-order valence-electron chi connectivity index (χ1n) is 9.67. The van der Waals surface area contributed by atoms with Crippen molar-refractivity contribution in [1.82, 2.24) is 5.32 Å². The van der Waals surface area contributed by atoms with Crippen LogP contribution in [0.3, 0.4) is 0 Å². The molecule has 0 saturated carbocycles. The normalized spacial score (nSPS) is 18.6. The van der Waals surface area contributed by atoms with E-state index in [0.29, 0.717) is 12.2 Å². The first kappa shape index (κ1) is 19.9. The van der Waals surface area contributed by atoms with Gasteiger partial charge in [-0.25, -0.2) is 4.39 Å². The Bertz CT molecular complexity index is 1070. The highest BCUT2D eigenvalue weighted by molar-refractivity contribution is 6.02. The second-order valence-corrected chi connectivity index (χ2v) is 7.11. The van der Waals surface area contributed by atoms with Crippen LogP contribution in [0.4, 0.5) is 4.39 Å². The van der Waals surface area contributed by atoms with Crippen molar-refractivity contribution < 1.29 is 19.0 Å². The molecule has 4 rings (SSSR count). The molecule has 0 amide bonds. The maximum atomic E-state index is 13.4. The fraction of sp³-hybridized carbons (Fsp3) is 0.208. The number of ether oxygens (including phenoxy) is 2. The van der Waals surface area contributed by atoms with Gasteiger partial charge in [0.1, 0.15) is 29.2 Å². The van der Waals surface area contributed by atoms with Crippen molar-refractivity contribution in [3.63, 3.8) is 0 Å². The predicted molar refractivity (Wildman–Crippen MR) is 114 cm³/mol. The van der Waals surface area contributed by atoms with Crippen LogP contribution >= 0.6 is 0 Å². The summed E-state index contributed by atoms with van der Waals surface area (Å²) in [6.45, 7) is 0. The third-order valence-electron chi connectivity index (χ3n) is 5.24. The molecule has 5 nitrogen and oxygen atoms in total. The summed E-state index contributed by atoms with van der Waals surface area (Å²) in [6, 6.07) is 19.1. The molecule has 0 unspecified atom stereocenters. The molecule has 0 radical (unpaired) electrons. The Labute approximate surface area is 174 Å². The minimum Gasteiger partial charge on any atom is -0.507 e. The van der Waals surface area contributed by atoms with Gasteiger partial charge in [-0.1, -0.05) is 30.3 Å². The number of aromatic hydroxyl groups is 1. The van der Waals surface area contributed by atoms with Crippen molar-refractivity contribution in [2.24, 2.45) is 4.99 Å². The summed E-state index contributed by atoms with van der Waals surface area (Å²) in [5.41, 5.74) is 3.41. The van der Waals surface area contributed by atoms with Gasteiger partial charge in [-0.15, -0.1) is 0 Å². The van der Waals surface area contributed by atoms with Gasteiger partial charge in [0, 0.05) is 29.8 Å². The number of halogens is 1. The van der Waals surface area contributed by atoms with Gasteiger partial charge >= 0.3 is 0 Å². The summed E-state index contributed by atoms with van der Waals surface area (Å²) < 4.78 is 24.0. The lowest BCUT2D eigenvalue weighted by Gasteiger charge is -2.31. The number of hydrogen-bond donors (Lipinski definition) is 2. The topological polar surface area (TPSA) is 63.1 Å². The molecule has 2 atom stereocenters.